The van der Waals surface area contributed by atoms with Crippen molar-refractivity contribution in [3.63, 3.8) is 0 Å². The number of halogens is 3. The van der Waals surface area contributed by atoms with Gasteiger partial charge in [-0.05, 0) is 48.6 Å². The smallest absolute Gasteiger partial charge is 0.154 e. The molecule has 9 heteroatoms. The molecular formula is C21H17F3N6. The lowest BCUT2D eigenvalue weighted by molar-refractivity contribution is 0.355. The van der Waals surface area contributed by atoms with Gasteiger partial charge < -0.3 is 4.90 Å². The highest BCUT2D eigenvalue weighted by Gasteiger charge is 2.36. The molecule has 0 spiro atoms. The Kier molecular flexibility index (Phi) is 4.50. The summed E-state index contributed by atoms with van der Waals surface area (Å²) in [4.78, 5) is 6.00. The number of hydrogen-bond acceptors (Lipinski definition) is 4. The highest BCUT2D eigenvalue weighted by atomic mass is 19.1. The van der Waals surface area contributed by atoms with Gasteiger partial charge in [0.15, 0.2) is 5.65 Å². The summed E-state index contributed by atoms with van der Waals surface area (Å²) in [5.74, 6) is -0.657. The fourth-order valence-corrected chi connectivity index (χ4v) is 3.79. The molecule has 1 aromatic carbocycles. The number of hydrogen-bond donors (Lipinski definition) is 1. The predicted octanol–water partition coefficient (Wildman–Crippen LogP) is 4.19. The van der Waals surface area contributed by atoms with E-state index in [2.05, 4.69) is 20.3 Å². The zero-order chi connectivity index (χ0) is 20.7. The van der Waals surface area contributed by atoms with E-state index in [4.69, 9.17) is 0 Å². The Labute approximate surface area is 169 Å². The molecule has 0 amide bonds. The van der Waals surface area contributed by atoms with Crippen molar-refractivity contribution in [3.05, 3.63) is 77.4 Å². The molecule has 0 saturated carbocycles. The van der Waals surface area contributed by atoms with Gasteiger partial charge in [-0.25, -0.2) is 22.7 Å². The Bertz CT molecular complexity index is 1220. The van der Waals surface area contributed by atoms with Crippen LogP contribution in [0.1, 0.15) is 29.4 Å². The SMILES string of the molecule is Fc1ccc(F)c([C@H]2C[C@H](F)CN2c2ccc3ncc(/C=C/c4ccn[nH]4)n3n2)c1. The molecule has 5 rings (SSSR count). The molecule has 30 heavy (non-hydrogen) atoms. The minimum absolute atomic E-state index is 0.0488. The van der Waals surface area contributed by atoms with Crippen molar-refractivity contribution in [3.8, 4) is 0 Å². The average molecular weight is 410 g/mol. The number of rotatable bonds is 4. The van der Waals surface area contributed by atoms with Crippen molar-refractivity contribution in [1.82, 2.24) is 24.8 Å². The van der Waals surface area contributed by atoms with Gasteiger partial charge >= 0.3 is 0 Å². The number of anilines is 1. The largest absolute Gasteiger partial charge is 0.345 e. The molecular weight excluding hydrogens is 393 g/mol. The fourth-order valence-electron chi connectivity index (χ4n) is 3.79. The van der Waals surface area contributed by atoms with E-state index in [1.165, 1.54) is 0 Å². The van der Waals surface area contributed by atoms with E-state index in [1.54, 1.807) is 33.9 Å². The number of aromatic amines is 1. The summed E-state index contributed by atoms with van der Waals surface area (Å²) < 4.78 is 44.0. The summed E-state index contributed by atoms with van der Waals surface area (Å²) in [5, 5.41) is 11.3. The van der Waals surface area contributed by atoms with E-state index in [0.29, 0.717) is 17.2 Å². The van der Waals surface area contributed by atoms with Crippen molar-refractivity contribution in [2.45, 2.75) is 18.6 Å². The average Bonchev–Trinajstić information content (AvgIpc) is 3.47. The van der Waals surface area contributed by atoms with Crippen LogP contribution in [0.3, 0.4) is 0 Å². The summed E-state index contributed by atoms with van der Waals surface area (Å²) in [5.41, 5.74) is 2.28. The van der Waals surface area contributed by atoms with Crippen LogP contribution >= 0.6 is 0 Å². The summed E-state index contributed by atoms with van der Waals surface area (Å²) in [6, 6.07) is 7.90. The van der Waals surface area contributed by atoms with Gasteiger partial charge in [-0.1, -0.05) is 0 Å². The lowest BCUT2D eigenvalue weighted by Gasteiger charge is -2.26. The molecule has 1 fully saturated rings. The zero-order valence-electron chi connectivity index (χ0n) is 15.7. The van der Waals surface area contributed by atoms with Gasteiger partial charge in [-0.15, -0.1) is 5.10 Å². The van der Waals surface area contributed by atoms with Crippen LogP contribution in [0.25, 0.3) is 17.8 Å². The van der Waals surface area contributed by atoms with Crippen LogP contribution in [0.2, 0.25) is 0 Å². The third-order valence-corrected chi connectivity index (χ3v) is 5.19. The second-order valence-electron chi connectivity index (χ2n) is 7.16. The molecule has 3 aromatic heterocycles. The number of fused-ring (bicyclic) bond motifs is 1. The van der Waals surface area contributed by atoms with Gasteiger partial charge in [0.2, 0.25) is 0 Å². The minimum Gasteiger partial charge on any atom is -0.345 e. The van der Waals surface area contributed by atoms with Gasteiger partial charge in [0.05, 0.1) is 30.2 Å². The standard InChI is InChI=1S/C21H17F3N6/c22-13-1-4-18(24)17(9-13)19-10-14(23)12-29(19)21-6-5-20-25-11-16(30(20)28-21)3-2-15-7-8-26-27-15/h1-9,11,14,19H,10,12H2,(H,26,27)/b3-2+/t14-,19+/m0/s1. The molecule has 0 bridgehead atoms. The van der Waals surface area contributed by atoms with Crippen LogP contribution in [0.15, 0.2) is 48.8 Å². The first-order valence-corrected chi connectivity index (χ1v) is 9.46. The molecule has 2 atom stereocenters. The number of benzene rings is 1. The van der Waals surface area contributed by atoms with Gasteiger partial charge in [0.25, 0.3) is 0 Å². The maximum Gasteiger partial charge on any atom is 0.154 e. The molecule has 4 aromatic rings. The third kappa shape index (κ3) is 3.32. The predicted molar refractivity (Wildman–Crippen MR) is 106 cm³/mol. The highest BCUT2D eigenvalue weighted by Crippen LogP contribution is 2.38. The van der Waals surface area contributed by atoms with Crippen LogP contribution in [0, 0.1) is 11.6 Å². The highest BCUT2D eigenvalue weighted by molar-refractivity contribution is 5.67. The molecule has 4 heterocycles. The quantitative estimate of drug-likeness (QED) is 0.548. The first-order valence-electron chi connectivity index (χ1n) is 9.46. The number of imidazole rings is 1. The Hall–Kier alpha value is -3.62. The topological polar surface area (TPSA) is 62.1 Å². The molecule has 1 saturated heterocycles. The van der Waals surface area contributed by atoms with Crippen LogP contribution in [0.5, 0.6) is 0 Å². The molecule has 1 N–H and O–H groups in total. The second kappa shape index (κ2) is 7.33. The number of H-pyrrole nitrogens is 1. The summed E-state index contributed by atoms with van der Waals surface area (Å²) in [7, 11) is 0. The molecule has 0 unspecified atom stereocenters. The van der Waals surface area contributed by atoms with E-state index in [-0.39, 0.29) is 18.5 Å². The van der Waals surface area contributed by atoms with Crippen LogP contribution in [0.4, 0.5) is 19.0 Å². The molecule has 0 radical (unpaired) electrons. The summed E-state index contributed by atoms with van der Waals surface area (Å²) >= 11 is 0. The molecule has 0 aliphatic carbocycles. The van der Waals surface area contributed by atoms with Crippen LogP contribution in [-0.2, 0) is 0 Å². The number of alkyl halides is 1. The summed E-state index contributed by atoms with van der Waals surface area (Å²) in [6.07, 6.45) is 5.88. The maximum absolute atomic E-state index is 14.4. The van der Waals surface area contributed by atoms with Gasteiger partial charge in [0, 0.05) is 18.2 Å². The monoisotopic (exact) mass is 410 g/mol. The summed E-state index contributed by atoms with van der Waals surface area (Å²) in [6.45, 7) is 0.0488. The van der Waals surface area contributed by atoms with Crippen LogP contribution in [-0.4, -0.2) is 37.5 Å². The van der Waals surface area contributed by atoms with E-state index in [1.807, 2.05) is 18.2 Å². The van der Waals surface area contributed by atoms with E-state index >= 15 is 0 Å². The zero-order valence-corrected chi connectivity index (χ0v) is 15.7. The molecule has 1 aliphatic heterocycles. The molecule has 6 nitrogen and oxygen atoms in total. The van der Waals surface area contributed by atoms with Crippen molar-refractivity contribution >= 4 is 23.6 Å². The van der Waals surface area contributed by atoms with E-state index in [0.717, 1.165) is 23.9 Å². The van der Waals surface area contributed by atoms with Gasteiger partial charge in [0.1, 0.15) is 23.6 Å². The lowest BCUT2D eigenvalue weighted by Crippen LogP contribution is -2.26. The number of aromatic nitrogens is 5. The fraction of sp³-hybridized carbons (Fsp3) is 0.190. The Morgan fingerprint density at radius 3 is 2.83 bits per heavy atom. The Morgan fingerprint density at radius 2 is 2.00 bits per heavy atom. The normalized spacial score (nSPS) is 19.4. The van der Waals surface area contributed by atoms with E-state index in [9.17, 15) is 13.2 Å². The van der Waals surface area contributed by atoms with Crippen LogP contribution < -0.4 is 4.90 Å². The van der Waals surface area contributed by atoms with Crippen molar-refractivity contribution < 1.29 is 13.2 Å². The van der Waals surface area contributed by atoms with Crippen molar-refractivity contribution in [1.29, 1.82) is 0 Å². The van der Waals surface area contributed by atoms with E-state index < -0.39 is 23.8 Å². The van der Waals surface area contributed by atoms with Crippen molar-refractivity contribution in [2.24, 2.45) is 0 Å². The van der Waals surface area contributed by atoms with Crippen molar-refractivity contribution in [2.75, 3.05) is 11.4 Å². The molecule has 1 aliphatic rings. The first-order chi connectivity index (χ1) is 14.6. The third-order valence-electron chi connectivity index (χ3n) is 5.19. The number of nitrogens with zero attached hydrogens (tertiary/aromatic N) is 5. The second-order valence-corrected chi connectivity index (χ2v) is 7.16. The van der Waals surface area contributed by atoms with Gasteiger partial charge in [-0.2, -0.15) is 5.10 Å². The van der Waals surface area contributed by atoms with Gasteiger partial charge in [-0.3, -0.25) is 5.10 Å². The lowest BCUT2D eigenvalue weighted by atomic mass is 10.0. The Morgan fingerprint density at radius 1 is 1.10 bits per heavy atom. The Balaban J connectivity index is 1.53. The molecule has 152 valence electrons. The first kappa shape index (κ1) is 18.4. The maximum atomic E-state index is 14.4. The minimum atomic E-state index is -1.17. The number of nitrogens with one attached hydrogen (secondary N) is 1.